The summed E-state index contributed by atoms with van der Waals surface area (Å²) in [5.41, 5.74) is 2.55. The Labute approximate surface area is 179 Å². The van der Waals surface area contributed by atoms with Crippen LogP contribution in [0.2, 0.25) is 0 Å². The molecular formula is C23H30N2O4S. The zero-order valence-corrected chi connectivity index (χ0v) is 18.6. The number of nitrogens with zero attached hydrogens (tertiary/aromatic N) is 1. The predicted octanol–water partition coefficient (Wildman–Crippen LogP) is 3.96. The van der Waals surface area contributed by atoms with Gasteiger partial charge in [0.1, 0.15) is 5.75 Å². The average Bonchev–Trinajstić information content (AvgIpc) is 2.69. The molecule has 0 radical (unpaired) electrons. The number of sulfonamides is 1. The van der Waals surface area contributed by atoms with Crippen molar-refractivity contribution >= 4 is 21.6 Å². The molecule has 1 aliphatic rings. The molecule has 0 aromatic heterocycles. The summed E-state index contributed by atoms with van der Waals surface area (Å²) in [5.74, 6) is 0.497. The minimum Gasteiger partial charge on any atom is -0.491 e. The first-order chi connectivity index (χ1) is 14.2. The minimum absolute atomic E-state index is 0.00363. The zero-order valence-electron chi connectivity index (χ0n) is 17.8. The molecule has 0 atom stereocenters. The lowest BCUT2D eigenvalue weighted by atomic mass is 9.97. The van der Waals surface area contributed by atoms with Crippen molar-refractivity contribution in [1.29, 1.82) is 0 Å². The smallest absolute Gasteiger partial charge is 0.227 e. The normalized spacial score (nSPS) is 15.9. The second kappa shape index (κ2) is 9.62. The maximum atomic E-state index is 12.8. The van der Waals surface area contributed by atoms with E-state index in [0.29, 0.717) is 31.6 Å². The Morgan fingerprint density at radius 3 is 2.40 bits per heavy atom. The van der Waals surface area contributed by atoms with Crippen molar-refractivity contribution in [3.05, 3.63) is 59.7 Å². The van der Waals surface area contributed by atoms with Crippen LogP contribution < -0.4 is 10.1 Å². The highest BCUT2D eigenvalue weighted by molar-refractivity contribution is 7.88. The van der Waals surface area contributed by atoms with E-state index in [1.165, 1.54) is 4.31 Å². The van der Waals surface area contributed by atoms with Crippen LogP contribution in [0.3, 0.4) is 0 Å². The van der Waals surface area contributed by atoms with Gasteiger partial charge in [-0.15, -0.1) is 0 Å². The number of carbonyl (C=O) groups excluding carboxylic acids is 1. The van der Waals surface area contributed by atoms with Crippen molar-refractivity contribution in [2.75, 3.05) is 18.4 Å². The fraction of sp³-hybridized carbons (Fsp3) is 0.435. The Hall–Kier alpha value is -2.38. The molecular weight excluding hydrogens is 400 g/mol. The van der Waals surface area contributed by atoms with Crippen LogP contribution >= 0.6 is 0 Å². The Kier molecular flexibility index (Phi) is 7.15. The molecule has 30 heavy (non-hydrogen) atoms. The number of nitrogens with one attached hydrogen (secondary N) is 1. The van der Waals surface area contributed by atoms with Crippen molar-refractivity contribution in [3.63, 3.8) is 0 Å². The van der Waals surface area contributed by atoms with E-state index in [1.54, 1.807) is 0 Å². The lowest BCUT2D eigenvalue weighted by molar-refractivity contribution is -0.120. The van der Waals surface area contributed by atoms with Crippen LogP contribution in [-0.4, -0.2) is 37.8 Å². The Balaban J connectivity index is 1.52. The molecule has 6 nitrogen and oxygen atoms in total. The number of rotatable bonds is 7. The fourth-order valence-corrected chi connectivity index (χ4v) is 5.18. The number of benzene rings is 2. The molecule has 162 valence electrons. The summed E-state index contributed by atoms with van der Waals surface area (Å²) in [6.07, 6.45) is 1.14. The van der Waals surface area contributed by atoms with Gasteiger partial charge in [0.05, 0.1) is 11.9 Å². The number of hydrogen-bond acceptors (Lipinski definition) is 4. The first kappa shape index (κ1) is 22.3. The van der Waals surface area contributed by atoms with Crippen LogP contribution in [0.15, 0.2) is 48.5 Å². The zero-order chi connectivity index (χ0) is 21.7. The van der Waals surface area contributed by atoms with Crippen LogP contribution in [0.1, 0.15) is 37.8 Å². The van der Waals surface area contributed by atoms with Gasteiger partial charge in [-0.05, 0) is 63.4 Å². The summed E-state index contributed by atoms with van der Waals surface area (Å²) in [4.78, 5) is 12.6. The molecule has 3 rings (SSSR count). The van der Waals surface area contributed by atoms with Gasteiger partial charge in [0.25, 0.3) is 0 Å². The topological polar surface area (TPSA) is 75.7 Å². The maximum absolute atomic E-state index is 12.8. The molecule has 0 unspecified atom stereocenters. The highest BCUT2D eigenvalue weighted by Gasteiger charge is 2.31. The maximum Gasteiger partial charge on any atom is 0.227 e. The molecule has 1 saturated heterocycles. The van der Waals surface area contributed by atoms with E-state index in [4.69, 9.17) is 4.74 Å². The predicted molar refractivity (Wildman–Crippen MR) is 119 cm³/mol. The van der Waals surface area contributed by atoms with Crippen LogP contribution in [0, 0.1) is 12.8 Å². The van der Waals surface area contributed by atoms with Crippen molar-refractivity contribution in [1.82, 2.24) is 4.31 Å². The van der Waals surface area contributed by atoms with E-state index in [1.807, 2.05) is 69.3 Å². The molecule has 7 heteroatoms. The Bertz CT molecular complexity index is 963. The molecule has 0 saturated carbocycles. The van der Waals surface area contributed by atoms with Crippen LogP contribution in [0.4, 0.5) is 5.69 Å². The van der Waals surface area contributed by atoms with Crippen molar-refractivity contribution in [2.24, 2.45) is 5.92 Å². The van der Waals surface area contributed by atoms with Gasteiger partial charge >= 0.3 is 0 Å². The molecule has 0 spiro atoms. The van der Waals surface area contributed by atoms with Gasteiger partial charge < -0.3 is 10.1 Å². The number of aryl methyl sites for hydroxylation is 1. The van der Waals surface area contributed by atoms with Gasteiger partial charge in [0.15, 0.2) is 0 Å². The monoisotopic (exact) mass is 430 g/mol. The van der Waals surface area contributed by atoms with Crippen LogP contribution in [-0.2, 0) is 20.6 Å². The second-order valence-electron chi connectivity index (χ2n) is 8.10. The molecule has 2 aromatic carbocycles. The molecule has 0 aliphatic carbocycles. The molecule has 2 aromatic rings. The number of ether oxygens (including phenoxy) is 1. The number of anilines is 1. The number of hydrogen-bond donors (Lipinski definition) is 1. The first-order valence-corrected chi connectivity index (χ1v) is 11.9. The molecule has 1 amide bonds. The fourth-order valence-electron chi connectivity index (χ4n) is 3.63. The van der Waals surface area contributed by atoms with E-state index in [2.05, 4.69) is 5.32 Å². The van der Waals surface area contributed by atoms with Gasteiger partial charge in [-0.1, -0.05) is 29.8 Å². The SMILES string of the molecule is Cc1cccc(CS(=O)(=O)N2CCC(C(=O)Nc3ccc(OC(C)C)cc3)CC2)c1. The van der Waals surface area contributed by atoms with E-state index in [9.17, 15) is 13.2 Å². The number of piperidine rings is 1. The molecule has 0 bridgehead atoms. The van der Waals surface area contributed by atoms with E-state index < -0.39 is 10.0 Å². The van der Waals surface area contributed by atoms with Crippen molar-refractivity contribution in [3.8, 4) is 5.75 Å². The largest absolute Gasteiger partial charge is 0.491 e. The molecule has 1 aliphatic heterocycles. The van der Waals surface area contributed by atoms with Gasteiger partial charge in [-0.25, -0.2) is 12.7 Å². The highest BCUT2D eigenvalue weighted by Crippen LogP contribution is 2.24. The first-order valence-electron chi connectivity index (χ1n) is 10.3. The Morgan fingerprint density at radius 1 is 1.13 bits per heavy atom. The lowest BCUT2D eigenvalue weighted by Crippen LogP contribution is -2.41. The summed E-state index contributed by atoms with van der Waals surface area (Å²) in [6, 6.07) is 14.8. The number of amides is 1. The third-order valence-corrected chi connectivity index (χ3v) is 6.99. The third kappa shape index (κ3) is 6.06. The summed E-state index contributed by atoms with van der Waals surface area (Å²) in [5, 5.41) is 2.93. The van der Waals surface area contributed by atoms with Crippen molar-refractivity contribution < 1.29 is 17.9 Å². The van der Waals surface area contributed by atoms with E-state index in [0.717, 1.165) is 16.9 Å². The van der Waals surface area contributed by atoms with E-state index >= 15 is 0 Å². The second-order valence-corrected chi connectivity index (χ2v) is 10.1. The van der Waals surface area contributed by atoms with Gasteiger partial charge in [0, 0.05) is 24.7 Å². The summed E-state index contributed by atoms with van der Waals surface area (Å²) in [7, 11) is -3.39. The number of carbonyl (C=O) groups is 1. The summed E-state index contributed by atoms with van der Waals surface area (Å²) >= 11 is 0. The van der Waals surface area contributed by atoms with Crippen molar-refractivity contribution in [2.45, 2.75) is 45.5 Å². The quantitative estimate of drug-likeness (QED) is 0.721. The van der Waals surface area contributed by atoms with Gasteiger partial charge in [-0.3, -0.25) is 4.79 Å². The molecule has 1 N–H and O–H groups in total. The third-order valence-electron chi connectivity index (χ3n) is 5.14. The van der Waals surface area contributed by atoms with E-state index in [-0.39, 0.29) is 23.7 Å². The minimum atomic E-state index is -3.39. The average molecular weight is 431 g/mol. The summed E-state index contributed by atoms with van der Waals surface area (Å²) < 4.78 is 32.6. The lowest BCUT2D eigenvalue weighted by Gasteiger charge is -2.30. The highest BCUT2D eigenvalue weighted by atomic mass is 32.2. The van der Waals surface area contributed by atoms with Gasteiger partial charge in [0.2, 0.25) is 15.9 Å². The van der Waals surface area contributed by atoms with Gasteiger partial charge in [-0.2, -0.15) is 0 Å². The standard InChI is InChI=1S/C23H30N2O4S/c1-17(2)29-22-9-7-21(8-10-22)24-23(26)20-11-13-25(14-12-20)30(27,28)16-19-6-4-5-18(3)15-19/h4-10,15,17,20H,11-14,16H2,1-3H3,(H,24,26). The Morgan fingerprint density at radius 2 is 1.80 bits per heavy atom. The molecule has 1 fully saturated rings. The summed E-state index contributed by atoms with van der Waals surface area (Å²) in [6.45, 7) is 6.61. The van der Waals surface area contributed by atoms with Crippen LogP contribution in [0.5, 0.6) is 5.75 Å². The molecule has 1 heterocycles. The van der Waals surface area contributed by atoms with Crippen LogP contribution in [0.25, 0.3) is 0 Å².